The molecule has 18 heavy (non-hydrogen) atoms. The number of hydrogen-bond donors (Lipinski definition) is 2. The number of pyridine rings is 1. The number of amides is 1. The highest BCUT2D eigenvalue weighted by Gasteiger charge is 2.15. The Kier molecular flexibility index (Phi) is 4.52. The van der Waals surface area contributed by atoms with E-state index in [1.165, 1.54) is 25.7 Å². The summed E-state index contributed by atoms with van der Waals surface area (Å²) in [4.78, 5) is 15.7. The average Bonchev–Trinajstić information content (AvgIpc) is 2.90. The molecule has 0 saturated heterocycles. The van der Waals surface area contributed by atoms with Crippen molar-refractivity contribution in [2.24, 2.45) is 0 Å². The molecule has 0 bridgehead atoms. The Balaban J connectivity index is 1.78. The SMILES string of the molecule is COc1cc(NC(=O)CNC2CCCC2)ccn1. The van der Waals surface area contributed by atoms with Gasteiger partial charge < -0.3 is 15.4 Å². The van der Waals surface area contributed by atoms with Gasteiger partial charge in [0, 0.05) is 24.0 Å². The van der Waals surface area contributed by atoms with E-state index in [-0.39, 0.29) is 5.91 Å². The molecule has 1 fully saturated rings. The summed E-state index contributed by atoms with van der Waals surface area (Å²) in [6.45, 7) is 0.356. The van der Waals surface area contributed by atoms with Crippen LogP contribution in [0.1, 0.15) is 25.7 Å². The summed E-state index contributed by atoms with van der Waals surface area (Å²) in [6.07, 6.45) is 6.49. The van der Waals surface area contributed by atoms with E-state index in [2.05, 4.69) is 15.6 Å². The van der Waals surface area contributed by atoms with Crippen LogP contribution in [0, 0.1) is 0 Å². The topological polar surface area (TPSA) is 63.2 Å². The Bertz CT molecular complexity index is 403. The second-order valence-corrected chi connectivity index (χ2v) is 4.50. The van der Waals surface area contributed by atoms with Crippen LogP contribution in [0.15, 0.2) is 18.3 Å². The lowest BCUT2D eigenvalue weighted by molar-refractivity contribution is -0.115. The van der Waals surface area contributed by atoms with Crippen molar-refractivity contribution in [2.75, 3.05) is 19.0 Å². The zero-order chi connectivity index (χ0) is 12.8. The molecule has 0 aromatic carbocycles. The van der Waals surface area contributed by atoms with E-state index in [1.54, 1.807) is 25.4 Å². The number of anilines is 1. The Morgan fingerprint density at radius 2 is 2.28 bits per heavy atom. The molecule has 98 valence electrons. The molecule has 1 saturated carbocycles. The molecule has 1 amide bonds. The van der Waals surface area contributed by atoms with E-state index < -0.39 is 0 Å². The van der Waals surface area contributed by atoms with Gasteiger partial charge in [0.1, 0.15) is 0 Å². The fourth-order valence-corrected chi connectivity index (χ4v) is 2.17. The molecule has 5 heteroatoms. The van der Waals surface area contributed by atoms with Crippen LogP contribution in [-0.2, 0) is 4.79 Å². The quantitative estimate of drug-likeness (QED) is 0.831. The minimum Gasteiger partial charge on any atom is -0.481 e. The van der Waals surface area contributed by atoms with Crippen molar-refractivity contribution in [1.29, 1.82) is 0 Å². The Hall–Kier alpha value is -1.62. The molecule has 5 nitrogen and oxygen atoms in total. The van der Waals surface area contributed by atoms with Gasteiger partial charge in [0.25, 0.3) is 0 Å². The Morgan fingerprint density at radius 3 is 3.00 bits per heavy atom. The molecule has 1 aromatic rings. The number of carbonyl (C=O) groups excluding carboxylic acids is 1. The van der Waals surface area contributed by atoms with Gasteiger partial charge in [-0.3, -0.25) is 4.79 Å². The molecule has 1 heterocycles. The number of ether oxygens (including phenoxy) is 1. The molecule has 2 N–H and O–H groups in total. The van der Waals surface area contributed by atoms with Crippen LogP contribution in [0.4, 0.5) is 5.69 Å². The third-order valence-electron chi connectivity index (χ3n) is 3.13. The summed E-state index contributed by atoms with van der Waals surface area (Å²) in [6, 6.07) is 3.95. The standard InChI is InChI=1S/C13H19N3O2/c1-18-13-8-11(6-7-14-13)16-12(17)9-15-10-4-2-3-5-10/h6-8,10,15H,2-5,9H2,1H3,(H,14,16,17). The first-order chi connectivity index (χ1) is 8.78. The van der Waals surface area contributed by atoms with E-state index >= 15 is 0 Å². The van der Waals surface area contributed by atoms with Gasteiger partial charge in [-0.05, 0) is 18.9 Å². The van der Waals surface area contributed by atoms with Gasteiger partial charge in [-0.1, -0.05) is 12.8 Å². The molecule has 0 unspecified atom stereocenters. The van der Waals surface area contributed by atoms with Crippen LogP contribution in [0.25, 0.3) is 0 Å². The molecule has 1 aromatic heterocycles. The summed E-state index contributed by atoms with van der Waals surface area (Å²) >= 11 is 0. The number of rotatable bonds is 5. The molecule has 0 aliphatic heterocycles. The Morgan fingerprint density at radius 1 is 1.50 bits per heavy atom. The van der Waals surface area contributed by atoms with Crippen LogP contribution >= 0.6 is 0 Å². The summed E-state index contributed by atoms with van der Waals surface area (Å²) in [7, 11) is 1.55. The van der Waals surface area contributed by atoms with Crippen LogP contribution in [0.5, 0.6) is 5.88 Å². The van der Waals surface area contributed by atoms with E-state index in [4.69, 9.17) is 4.74 Å². The predicted molar refractivity (Wildman–Crippen MR) is 69.7 cm³/mol. The maximum Gasteiger partial charge on any atom is 0.238 e. The van der Waals surface area contributed by atoms with Crippen molar-refractivity contribution in [2.45, 2.75) is 31.7 Å². The maximum atomic E-state index is 11.7. The van der Waals surface area contributed by atoms with Gasteiger partial charge in [-0.15, -0.1) is 0 Å². The molecule has 0 spiro atoms. The highest BCUT2D eigenvalue weighted by molar-refractivity contribution is 5.92. The molecule has 1 aliphatic carbocycles. The lowest BCUT2D eigenvalue weighted by Crippen LogP contribution is -2.34. The Labute approximate surface area is 107 Å². The molecule has 1 aliphatic rings. The molecular formula is C13H19N3O2. The fraction of sp³-hybridized carbons (Fsp3) is 0.538. The number of carbonyl (C=O) groups is 1. The first-order valence-electron chi connectivity index (χ1n) is 6.31. The van der Waals surface area contributed by atoms with Crippen molar-refractivity contribution in [3.63, 3.8) is 0 Å². The van der Waals surface area contributed by atoms with E-state index in [0.717, 1.165) is 0 Å². The van der Waals surface area contributed by atoms with Crippen molar-refractivity contribution in [1.82, 2.24) is 10.3 Å². The molecular weight excluding hydrogens is 230 g/mol. The van der Waals surface area contributed by atoms with Gasteiger partial charge in [0.15, 0.2) is 0 Å². The van der Waals surface area contributed by atoms with E-state index in [9.17, 15) is 4.79 Å². The maximum absolute atomic E-state index is 11.7. The second-order valence-electron chi connectivity index (χ2n) is 4.50. The van der Waals surface area contributed by atoms with Crippen LogP contribution in [-0.4, -0.2) is 30.6 Å². The number of nitrogens with one attached hydrogen (secondary N) is 2. The average molecular weight is 249 g/mol. The van der Waals surface area contributed by atoms with E-state index in [0.29, 0.717) is 24.2 Å². The molecule has 0 atom stereocenters. The second kappa shape index (κ2) is 6.35. The minimum absolute atomic E-state index is 0.0323. The number of nitrogens with zero attached hydrogens (tertiary/aromatic N) is 1. The predicted octanol–water partition coefficient (Wildman–Crippen LogP) is 1.56. The first kappa shape index (κ1) is 12.8. The number of methoxy groups -OCH3 is 1. The highest BCUT2D eigenvalue weighted by Crippen LogP contribution is 2.17. The van der Waals surface area contributed by atoms with Crippen LogP contribution < -0.4 is 15.4 Å². The van der Waals surface area contributed by atoms with Gasteiger partial charge >= 0.3 is 0 Å². The lowest BCUT2D eigenvalue weighted by atomic mass is 10.2. The lowest BCUT2D eigenvalue weighted by Gasteiger charge is -2.11. The zero-order valence-corrected chi connectivity index (χ0v) is 10.6. The summed E-state index contributed by atoms with van der Waals surface area (Å²) in [5.41, 5.74) is 0.708. The van der Waals surface area contributed by atoms with Crippen LogP contribution in [0.2, 0.25) is 0 Å². The van der Waals surface area contributed by atoms with Crippen molar-refractivity contribution >= 4 is 11.6 Å². The smallest absolute Gasteiger partial charge is 0.238 e. The monoisotopic (exact) mass is 249 g/mol. The van der Waals surface area contributed by atoms with E-state index in [1.807, 2.05) is 0 Å². The summed E-state index contributed by atoms with van der Waals surface area (Å²) in [5.74, 6) is 0.465. The normalized spacial score (nSPS) is 15.6. The summed E-state index contributed by atoms with van der Waals surface area (Å²) < 4.78 is 5.00. The zero-order valence-electron chi connectivity index (χ0n) is 10.6. The minimum atomic E-state index is -0.0323. The van der Waals surface area contributed by atoms with Gasteiger partial charge in [-0.25, -0.2) is 4.98 Å². The third kappa shape index (κ3) is 3.70. The van der Waals surface area contributed by atoms with Crippen molar-refractivity contribution in [3.05, 3.63) is 18.3 Å². The van der Waals surface area contributed by atoms with Crippen molar-refractivity contribution < 1.29 is 9.53 Å². The van der Waals surface area contributed by atoms with Gasteiger partial charge in [0.2, 0.25) is 11.8 Å². The number of hydrogen-bond acceptors (Lipinski definition) is 4. The van der Waals surface area contributed by atoms with Gasteiger partial charge in [-0.2, -0.15) is 0 Å². The highest BCUT2D eigenvalue weighted by atomic mass is 16.5. The van der Waals surface area contributed by atoms with Gasteiger partial charge in [0.05, 0.1) is 13.7 Å². The first-order valence-corrected chi connectivity index (χ1v) is 6.31. The molecule has 0 radical (unpaired) electrons. The largest absolute Gasteiger partial charge is 0.481 e. The summed E-state index contributed by atoms with van der Waals surface area (Å²) in [5, 5.41) is 6.09. The van der Waals surface area contributed by atoms with Crippen molar-refractivity contribution in [3.8, 4) is 5.88 Å². The third-order valence-corrected chi connectivity index (χ3v) is 3.13. The number of aromatic nitrogens is 1. The fourth-order valence-electron chi connectivity index (χ4n) is 2.17. The van der Waals surface area contributed by atoms with Crippen LogP contribution in [0.3, 0.4) is 0 Å². The molecule has 2 rings (SSSR count).